The van der Waals surface area contributed by atoms with Crippen molar-refractivity contribution in [1.82, 2.24) is 5.01 Å². The molecule has 1 aliphatic rings. The van der Waals surface area contributed by atoms with E-state index in [-0.39, 0.29) is 6.17 Å². The van der Waals surface area contributed by atoms with Crippen LogP contribution in [0.15, 0.2) is 59.6 Å². The van der Waals surface area contributed by atoms with E-state index in [0.717, 1.165) is 16.1 Å². The van der Waals surface area contributed by atoms with Gasteiger partial charge in [0.15, 0.2) is 6.17 Å². The van der Waals surface area contributed by atoms with Gasteiger partial charge in [-0.15, -0.1) is 0 Å². The van der Waals surface area contributed by atoms with Crippen molar-refractivity contribution in [2.24, 2.45) is 10.8 Å². The third-order valence-electron chi connectivity index (χ3n) is 2.87. The van der Waals surface area contributed by atoms with E-state index in [1.54, 1.807) is 5.01 Å². The molecule has 0 saturated carbocycles. The van der Waals surface area contributed by atoms with Crippen LogP contribution in [0.5, 0.6) is 0 Å². The molecular weight excluding hydrogens is 210 g/mol. The fourth-order valence-electron chi connectivity index (χ4n) is 2.02. The Morgan fingerprint density at radius 2 is 1.65 bits per heavy atom. The first-order valence-electron chi connectivity index (χ1n) is 5.57. The quantitative estimate of drug-likeness (QED) is 0.731. The van der Waals surface area contributed by atoms with Crippen molar-refractivity contribution in [2.75, 3.05) is 0 Å². The lowest BCUT2D eigenvalue weighted by molar-refractivity contribution is 0.317. The van der Waals surface area contributed by atoms with Crippen LogP contribution >= 0.6 is 0 Å². The lowest BCUT2D eigenvalue weighted by atomic mass is 10.1. The molecular formula is C14H13N3. The van der Waals surface area contributed by atoms with Crippen molar-refractivity contribution in [1.29, 1.82) is 0 Å². The molecule has 0 spiro atoms. The van der Waals surface area contributed by atoms with Gasteiger partial charge in [-0.05, 0) is 11.6 Å². The number of hydrogen-bond acceptors (Lipinski definition) is 3. The fraction of sp³-hybridized carbons (Fsp3) is 0.0714. The number of fused-ring (bicyclic) bond motifs is 1. The topological polar surface area (TPSA) is 41.6 Å². The summed E-state index contributed by atoms with van der Waals surface area (Å²) in [6, 6.07) is 18.1. The molecule has 0 bridgehead atoms. The predicted octanol–water partition coefficient (Wildman–Crippen LogP) is 0.932. The molecule has 2 N–H and O–H groups in total. The summed E-state index contributed by atoms with van der Waals surface area (Å²) in [6.45, 7) is 0. The Morgan fingerprint density at radius 1 is 0.941 bits per heavy atom. The maximum absolute atomic E-state index is 6.01. The van der Waals surface area contributed by atoms with E-state index in [2.05, 4.69) is 4.99 Å². The van der Waals surface area contributed by atoms with Crippen LogP contribution in [0.4, 0.5) is 0 Å². The van der Waals surface area contributed by atoms with E-state index in [1.165, 1.54) is 0 Å². The molecule has 1 atom stereocenters. The Balaban J connectivity index is 2.14. The minimum absolute atomic E-state index is 0.133. The Hall–Kier alpha value is -2.13. The summed E-state index contributed by atoms with van der Waals surface area (Å²) in [5.74, 6) is 6.01. The van der Waals surface area contributed by atoms with Crippen LogP contribution in [-0.2, 0) is 0 Å². The van der Waals surface area contributed by atoms with Crippen LogP contribution < -0.4 is 16.4 Å². The number of rotatable bonds is 1. The van der Waals surface area contributed by atoms with Crippen molar-refractivity contribution < 1.29 is 0 Å². The van der Waals surface area contributed by atoms with E-state index < -0.39 is 0 Å². The molecule has 2 aromatic rings. The maximum atomic E-state index is 6.01. The van der Waals surface area contributed by atoms with Gasteiger partial charge in [0.2, 0.25) is 0 Å². The molecule has 2 aromatic carbocycles. The summed E-state index contributed by atoms with van der Waals surface area (Å²) in [7, 11) is 0. The minimum atomic E-state index is -0.133. The van der Waals surface area contributed by atoms with Gasteiger partial charge >= 0.3 is 0 Å². The summed E-state index contributed by atoms with van der Waals surface area (Å²) in [6.07, 6.45) is 1.80. The molecule has 0 radical (unpaired) electrons. The first-order valence-corrected chi connectivity index (χ1v) is 5.57. The van der Waals surface area contributed by atoms with Crippen LogP contribution in [-0.4, -0.2) is 5.01 Å². The van der Waals surface area contributed by atoms with E-state index in [0.29, 0.717) is 0 Å². The number of para-hydroxylation sites is 1. The molecule has 3 rings (SSSR count). The van der Waals surface area contributed by atoms with Gasteiger partial charge in [-0.25, -0.2) is 5.84 Å². The van der Waals surface area contributed by atoms with E-state index in [4.69, 9.17) is 5.84 Å². The Bertz CT molecular complexity index is 634. The summed E-state index contributed by atoms with van der Waals surface area (Å²) >= 11 is 0. The molecule has 0 fully saturated rings. The molecule has 1 aliphatic heterocycles. The summed E-state index contributed by atoms with van der Waals surface area (Å²) in [5, 5.41) is 3.70. The van der Waals surface area contributed by atoms with Crippen molar-refractivity contribution in [3.05, 3.63) is 70.7 Å². The highest BCUT2D eigenvalue weighted by Crippen LogP contribution is 2.19. The number of nitrogens with two attached hydrogens (primary N) is 1. The van der Waals surface area contributed by atoms with Crippen molar-refractivity contribution in [3.63, 3.8) is 0 Å². The molecule has 3 heteroatoms. The zero-order valence-corrected chi connectivity index (χ0v) is 9.32. The van der Waals surface area contributed by atoms with Crippen LogP contribution in [0, 0.1) is 0 Å². The summed E-state index contributed by atoms with van der Waals surface area (Å²) < 4.78 is 0. The molecule has 0 aliphatic carbocycles. The highest BCUT2D eigenvalue weighted by atomic mass is 15.4. The Morgan fingerprint density at radius 3 is 2.47 bits per heavy atom. The van der Waals surface area contributed by atoms with Crippen LogP contribution in [0.1, 0.15) is 11.7 Å². The van der Waals surface area contributed by atoms with Crippen LogP contribution in [0.3, 0.4) is 0 Å². The molecule has 3 nitrogen and oxygen atoms in total. The highest BCUT2D eigenvalue weighted by Gasteiger charge is 2.15. The maximum Gasteiger partial charge on any atom is 0.160 e. The second-order valence-electron chi connectivity index (χ2n) is 4.05. The van der Waals surface area contributed by atoms with Crippen LogP contribution in [0.25, 0.3) is 6.20 Å². The molecule has 84 valence electrons. The first-order chi connectivity index (χ1) is 8.34. The largest absolute Gasteiger partial charge is 0.289 e. The van der Waals surface area contributed by atoms with E-state index in [1.807, 2.05) is 60.8 Å². The second kappa shape index (κ2) is 4.03. The molecule has 0 aromatic heterocycles. The van der Waals surface area contributed by atoms with Gasteiger partial charge in [0.1, 0.15) is 0 Å². The Kier molecular flexibility index (Phi) is 2.38. The standard InChI is InChI=1S/C14H13N3/c15-17-10-12-8-4-5-9-13(12)16-14(17)11-6-2-1-3-7-11/h1-10,14H,15H2. The lowest BCUT2D eigenvalue weighted by Gasteiger charge is -2.25. The molecule has 0 saturated heterocycles. The fourth-order valence-corrected chi connectivity index (χ4v) is 2.02. The zero-order valence-electron chi connectivity index (χ0n) is 9.32. The number of nitrogens with zero attached hydrogens (tertiary/aromatic N) is 2. The van der Waals surface area contributed by atoms with Gasteiger partial charge in [0.05, 0.1) is 5.36 Å². The molecule has 1 heterocycles. The van der Waals surface area contributed by atoms with Gasteiger partial charge < -0.3 is 0 Å². The normalized spacial score (nSPS) is 17.9. The molecule has 1 unspecified atom stereocenters. The van der Waals surface area contributed by atoms with Gasteiger partial charge in [-0.3, -0.25) is 10.0 Å². The number of hydrazine groups is 1. The highest BCUT2D eigenvalue weighted by molar-refractivity contribution is 5.29. The summed E-state index contributed by atoms with van der Waals surface area (Å²) in [4.78, 5) is 4.67. The predicted molar refractivity (Wildman–Crippen MR) is 66.9 cm³/mol. The van der Waals surface area contributed by atoms with Gasteiger partial charge in [0.25, 0.3) is 0 Å². The van der Waals surface area contributed by atoms with Crippen LogP contribution in [0.2, 0.25) is 0 Å². The van der Waals surface area contributed by atoms with Crippen molar-refractivity contribution in [3.8, 4) is 0 Å². The van der Waals surface area contributed by atoms with E-state index in [9.17, 15) is 0 Å². The summed E-state index contributed by atoms with van der Waals surface area (Å²) in [5.41, 5.74) is 1.10. The van der Waals surface area contributed by atoms with Crippen molar-refractivity contribution >= 4 is 6.20 Å². The second-order valence-corrected chi connectivity index (χ2v) is 4.05. The lowest BCUT2D eigenvalue weighted by Crippen LogP contribution is -2.40. The Labute approximate surface area is 99.5 Å². The minimum Gasteiger partial charge on any atom is -0.289 e. The van der Waals surface area contributed by atoms with Gasteiger partial charge in [-0.2, -0.15) is 0 Å². The smallest absolute Gasteiger partial charge is 0.160 e. The third-order valence-corrected chi connectivity index (χ3v) is 2.87. The van der Waals surface area contributed by atoms with Gasteiger partial charge in [0, 0.05) is 11.4 Å². The first kappa shape index (κ1) is 10.1. The number of benzene rings is 2. The monoisotopic (exact) mass is 223 g/mol. The molecule has 0 amide bonds. The average molecular weight is 223 g/mol. The zero-order chi connectivity index (χ0) is 11.7. The SMILES string of the molecule is NN1C=c2ccccc2=NC1c1ccccc1. The third kappa shape index (κ3) is 1.81. The van der Waals surface area contributed by atoms with E-state index >= 15 is 0 Å². The van der Waals surface area contributed by atoms with Crippen molar-refractivity contribution in [2.45, 2.75) is 6.17 Å². The van der Waals surface area contributed by atoms with Gasteiger partial charge in [-0.1, -0.05) is 48.5 Å². The average Bonchev–Trinajstić information content (AvgIpc) is 2.39. The molecule has 17 heavy (non-hydrogen) atoms. The number of hydrogen-bond donors (Lipinski definition) is 1.